The molecule has 0 amide bonds. The Morgan fingerprint density at radius 1 is 1.21 bits per heavy atom. The third-order valence-electron chi connectivity index (χ3n) is 2.10. The fourth-order valence-electron chi connectivity index (χ4n) is 1.52. The van der Waals surface area contributed by atoms with Gasteiger partial charge in [-0.05, 0) is 13.8 Å². The van der Waals surface area contributed by atoms with E-state index < -0.39 is 29.9 Å². The van der Waals surface area contributed by atoms with Crippen LogP contribution in [0.15, 0.2) is 0 Å². The zero-order valence-corrected chi connectivity index (χ0v) is 7.45. The summed E-state index contributed by atoms with van der Waals surface area (Å²) in [5.41, 5.74) is -3.20. The molecule has 1 aliphatic rings. The first-order valence-corrected chi connectivity index (χ1v) is 3.78. The Morgan fingerprint density at radius 3 is 1.79 bits per heavy atom. The number of hydrogen-bond donors (Lipinski definition) is 1. The summed E-state index contributed by atoms with van der Waals surface area (Å²) in [4.78, 5) is 0. The van der Waals surface area contributed by atoms with Crippen LogP contribution < -0.4 is 0 Å². The van der Waals surface area contributed by atoms with Gasteiger partial charge in [0.2, 0.25) is 5.85 Å². The number of alkyl halides is 5. The molecule has 0 aliphatic carbocycles. The lowest BCUT2D eigenvalue weighted by atomic mass is 9.94. The smallest absolute Gasteiger partial charge is 0.356 e. The number of rotatable bonds is 0. The molecule has 0 bridgehead atoms. The quantitative estimate of drug-likeness (QED) is 0.633. The van der Waals surface area contributed by atoms with E-state index in [1.54, 1.807) is 0 Å². The largest absolute Gasteiger partial charge is 0.446 e. The molecule has 0 saturated carbocycles. The molecule has 0 aromatic rings. The maximum atomic E-state index is 13.3. The van der Waals surface area contributed by atoms with Gasteiger partial charge in [-0.2, -0.15) is 13.2 Å². The fraction of sp³-hybridized carbons (Fsp3) is 1.00. The van der Waals surface area contributed by atoms with Crippen molar-refractivity contribution in [2.75, 3.05) is 0 Å². The van der Waals surface area contributed by atoms with Gasteiger partial charge in [-0.1, -0.05) is 0 Å². The van der Waals surface area contributed by atoms with E-state index >= 15 is 0 Å². The van der Waals surface area contributed by atoms with E-state index in [4.69, 9.17) is 5.11 Å². The summed E-state index contributed by atoms with van der Waals surface area (Å²) in [5.74, 6) is -6.91. The van der Waals surface area contributed by atoms with Gasteiger partial charge in [0.15, 0.2) is 5.67 Å². The molecule has 0 aromatic carbocycles. The predicted octanol–water partition coefficient (Wildman–Crippen LogP) is 2.07. The standard InChI is InChI=1S/C7H9F5O2/c1-4(8)3-5(2,9)14-6(4,13)7(10,11)12/h13H,3H2,1-2H3. The highest BCUT2D eigenvalue weighted by Gasteiger charge is 2.75. The van der Waals surface area contributed by atoms with Crippen LogP contribution in [0.3, 0.4) is 0 Å². The third kappa shape index (κ3) is 1.48. The second-order valence-electron chi connectivity index (χ2n) is 3.72. The summed E-state index contributed by atoms with van der Waals surface area (Å²) in [6.07, 6.45) is -6.55. The zero-order chi connectivity index (χ0) is 11.4. The van der Waals surface area contributed by atoms with Crippen LogP contribution in [-0.4, -0.2) is 28.6 Å². The second-order valence-corrected chi connectivity index (χ2v) is 3.72. The number of aliphatic hydroxyl groups is 1. The Balaban J connectivity index is 3.12. The highest BCUT2D eigenvalue weighted by Crippen LogP contribution is 2.53. The molecule has 0 radical (unpaired) electrons. The first-order valence-electron chi connectivity index (χ1n) is 3.78. The molecule has 84 valence electrons. The van der Waals surface area contributed by atoms with Gasteiger partial charge in [-0.25, -0.2) is 8.78 Å². The van der Waals surface area contributed by atoms with Crippen molar-refractivity contribution in [2.45, 2.75) is 43.8 Å². The van der Waals surface area contributed by atoms with E-state index in [-0.39, 0.29) is 0 Å². The second kappa shape index (κ2) is 2.57. The van der Waals surface area contributed by atoms with Crippen molar-refractivity contribution < 1.29 is 31.8 Å². The van der Waals surface area contributed by atoms with Crippen LogP contribution in [0.4, 0.5) is 22.0 Å². The van der Waals surface area contributed by atoms with Crippen LogP contribution in [0.1, 0.15) is 20.3 Å². The molecule has 2 nitrogen and oxygen atoms in total. The SMILES string of the molecule is CC1(F)CC(C)(F)C(O)(C(F)(F)F)O1. The molecule has 1 fully saturated rings. The molecule has 1 N–H and O–H groups in total. The van der Waals surface area contributed by atoms with Crippen LogP contribution in [0.2, 0.25) is 0 Å². The fourth-order valence-corrected chi connectivity index (χ4v) is 1.52. The van der Waals surface area contributed by atoms with Gasteiger partial charge >= 0.3 is 12.0 Å². The third-order valence-corrected chi connectivity index (χ3v) is 2.10. The van der Waals surface area contributed by atoms with Crippen LogP contribution in [-0.2, 0) is 4.74 Å². The average Bonchev–Trinajstić information content (AvgIpc) is 1.94. The molecule has 7 heteroatoms. The molecule has 1 rings (SSSR count). The van der Waals surface area contributed by atoms with Gasteiger partial charge in [0.25, 0.3) is 0 Å². The predicted molar refractivity (Wildman–Crippen MR) is 35.7 cm³/mol. The van der Waals surface area contributed by atoms with E-state index in [0.717, 1.165) is 0 Å². The van der Waals surface area contributed by atoms with Crippen LogP contribution in [0.25, 0.3) is 0 Å². The van der Waals surface area contributed by atoms with Crippen molar-refractivity contribution in [3.8, 4) is 0 Å². The maximum Gasteiger partial charge on any atom is 0.446 e. The van der Waals surface area contributed by atoms with Crippen molar-refractivity contribution in [1.29, 1.82) is 0 Å². The summed E-state index contributed by atoms with van der Waals surface area (Å²) in [6, 6.07) is 0. The van der Waals surface area contributed by atoms with E-state index in [0.29, 0.717) is 13.8 Å². The lowest BCUT2D eigenvalue weighted by Gasteiger charge is -2.32. The van der Waals surface area contributed by atoms with Gasteiger partial charge in [-0.15, -0.1) is 0 Å². The molecule has 1 heterocycles. The highest BCUT2D eigenvalue weighted by molar-refractivity contribution is 5.04. The van der Waals surface area contributed by atoms with Crippen LogP contribution in [0.5, 0.6) is 0 Å². The summed E-state index contributed by atoms with van der Waals surface area (Å²) in [5, 5.41) is 8.93. The van der Waals surface area contributed by atoms with Gasteiger partial charge in [0, 0.05) is 6.42 Å². The summed E-state index contributed by atoms with van der Waals surface area (Å²) >= 11 is 0. The summed E-state index contributed by atoms with van der Waals surface area (Å²) in [7, 11) is 0. The topological polar surface area (TPSA) is 29.5 Å². The molecule has 3 unspecified atom stereocenters. The Morgan fingerprint density at radius 2 is 1.64 bits per heavy atom. The Hall–Kier alpha value is -0.430. The lowest BCUT2D eigenvalue weighted by Crippen LogP contribution is -2.57. The van der Waals surface area contributed by atoms with Crippen molar-refractivity contribution in [2.24, 2.45) is 0 Å². The minimum absolute atomic E-state index is 0.450. The first kappa shape index (κ1) is 11.6. The summed E-state index contributed by atoms with van der Waals surface area (Å²) in [6.45, 7) is 1.08. The Labute approximate surface area is 76.7 Å². The van der Waals surface area contributed by atoms with Crippen LogP contribution >= 0.6 is 0 Å². The lowest BCUT2D eigenvalue weighted by molar-refractivity contribution is -0.403. The zero-order valence-electron chi connectivity index (χ0n) is 7.45. The van der Waals surface area contributed by atoms with Crippen molar-refractivity contribution in [3.05, 3.63) is 0 Å². The highest BCUT2D eigenvalue weighted by atomic mass is 19.4. The normalized spacial score (nSPS) is 49.7. The maximum absolute atomic E-state index is 13.3. The summed E-state index contributed by atoms with van der Waals surface area (Å²) < 4.78 is 66.6. The molecule has 1 saturated heterocycles. The van der Waals surface area contributed by atoms with Crippen LogP contribution in [0, 0.1) is 0 Å². The Bertz CT molecular complexity index is 247. The Kier molecular flexibility index (Phi) is 2.14. The van der Waals surface area contributed by atoms with Crippen molar-refractivity contribution in [3.63, 3.8) is 0 Å². The van der Waals surface area contributed by atoms with Gasteiger partial charge in [0.05, 0.1) is 0 Å². The van der Waals surface area contributed by atoms with E-state index in [2.05, 4.69) is 4.74 Å². The molecule has 0 aromatic heterocycles. The number of hydrogen-bond acceptors (Lipinski definition) is 2. The van der Waals surface area contributed by atoms with Gasteiger partial charge in [-0.3, -0.25) is 0 Å². The molecular weight excluding hydrogens is 211 g/mol. The molecule has 3 atom stereocenters. The number of ether oxygens (including phenoxy) is 1. The molecule has 14 heavy (non-hydrogen) atoms. The number of halogens is 5. The minimum Gasteiger partial charge on any atom is -0.356 e. The van der Waals surface area contributed by atoms with E-state index in [1.807, 2.05) is 0 Å². The average molecular weight is 220 g/mol. The van der Waals surface area contributed by atoms with E-state index in [9.17, 15) is 22.0 Å². The van der Waals surface area contributed by atoms with Crippen molar-refractivity contribution in [1.82, 2.24) is 0 Å². The molecule has 0 spiro atoms. The minimum atomic E-state index is -5.37. The van der Waals surface area contributed by atoms with Crippen molar-refractivity contribution >= 4 is 0 Å². The first-order chi connectivity index (χ1) is 5.91. The molecular formula is C7H9F5O2. The molecule has 1 aliphatic heterocycles. The van der Waals surface area contributed by atoms with Gasteiger partial charge in [0.1, 0.15) is 0 Å². The monoisotopic (exact) mass is 220 g/mol. The van der Waals surface area contributed by atoms with E-state index in [1.165, 1.54) is 0 Å². The van der Waals surface area contributed by atoms with Gasteiger partial charge < -0.3 is 9.84 Å².